The van der Waals surface area contributed by atoms with Gasteiger partial charge in [-0.25, -0.2) is 4.31 Å². The van der Waals surface area contributed by atoms with Crippen molar-refractivity contribution in [1.82, 2.24) is 4.31 Å². The summed E-state index contributed by atoms with van der Waals surface area (Å²) in [5.74, 6) is 0.364. The Kier molecular flexibility index (Phi) is 4.08. The SMILES string of the molecule is CC(C)C(C)N(C)S(=O)[O-]. The summed E-state index contributed by atoms with van der Waals surface area (Å²) in [6, 6.07) is 0.0818. The third-order valence-corrected chi connectivity index (χ3v) is 2.58. The number of rotatable bonds is 3. The van der Waals surface area contributed by atoms with Gasteiger partial charge in [-0.05, 0) is 19.9 Å². The molecule has 0 radical (unpaired) electrons. The van der Waals surface area contributed by atoms with Crippen LogP contribution in [0, 0.1) is 5.92 Å². The van der Waals surface area contributed by atoms with E-state index in [2.05, 4.69) is 0 Å². The molecule has 3 nitrogen and oxygen atoms in total. The first-order valence-corrected chi connectivity index (χ1v) is 4.32. The van der Waals surface area contributed by atoms with E-state index in [0.717, 1.165) is 0 Å². The van der Waals surface area contributed by atoms with Crippen LogP contribution >= 0.6 is 0 Å². The smallest absolute Gasteiger partial charge is 0.0209 e. The zero-order valence-electron chi connectivity index (χ0n) is 6.83. The second-order valence-corrected chi connectivity index (χ2v) is 3.76. The van der Waals surface area contributed by atoms with Crippen LogP contribution in [-0.2, 0) is 11.3 Å². The van der Waals surface area contributed by atoms with Crippen LogP contribution in [0.4, 0.5) is 0 Å². The Morgan fingerprint density at radius 1 is 1.40 bits per heavy atom. The highest BCUT2D eigenvalue weighted by atomic mass is 32.2. The van der Waals surface area contributed by atoms with Gasteiger partial charge in [-0.3, -0.25) is 4.21 Å². The largest absolute Gasteiger partial charge is 0.760 e. The summed E-state index contributed by atoms with van der Waals surface area (Å²) in [7, 11) is 1.58. The Labute approximate surface area is 64.8 Å². The van der Waals surface area contributed by atoms with Crippen LogP contribution in [0.3, 0.4) is 0 Å². The first-order valence-electron chi connectivity index (χ1n) is 3.29. The van der Waals surface area contributed by atoms with Gasteiger partial charge in [0.15, 0.2) is 0 Å². The molecule has 0 aliphatic rings. The standard InChI is InChI=1S/C6H15NO2S/c1-5(2)6(3)7(4)10(8)9/h5-6H,1-4H3,(H,8,9)/p-1. The Morgan fingerprint density at radius 2 is 1.80 bits per heavy atom. The van der Waals surface area contributed by atoms with Crippen LogP contribution in [0.5, 0.6) is 0 Å². The number of nitrogens with zero attached hydrogens (tertiary/aromatic N) is 1. The van der Waals surface area contributed by atoms with Crippen molar-refractivity contribution in [2.24, 2.45) is 5.92 Å². The maximum Gasteiger partial charge on any atom is 0.0209 e. The minimum atomic E-state index is -2.08. The third-order valence-electron chi connectivity index (χ3n) is 1.77. The molecule has 0 saturated carbocycles. The Hall–Kier alpha value is 0.0700. The van der Waals surface area contributed by atoms with Gasteiger partial charge in [-0.2, -0.15) is 0 Å². The van der Waals surface area contributed by atoms with Gasteiger partial charge in [0.25, 0.3) is 0 Å². The Balaban J connectivity index is 3.94. The zero-order chi connectivity index (χ0) is 8.31. The maximum absolute atomic E-state index is 10.4. The van der Waals surface area contributed by atoms with E-state index in [1.54, 1.807) is 7.05 Å². The Bertz CT molecular complexity index is 127. The van der Waals surface area contributed by atoms with E-state index in [1.807, 2.05) is 20.8 Å². The van der Waals surface area contributed by atoms with Crippen molar-refractivity contribution in [2.45, 2.75) is 26.8 Å². The van der Waals surface area contributed by atoms with E-state index in [1.165, 1.54) is 4.31 Å². The molecule has 0 fully saturated rings. The monoisotopic (exact) mass is 164 g/mol. The predicted molar refractivity (Wildman–Crippen MR) is 41.0 cm³/mol. The molecule has 0 aromatic heterocycles. The van der Waals surface area contributed by atoms with Crippen molar-refractivity contribution >= 4 is 11.3 Å². The third kappa shape index (κ3) is 2.77. The van der Waals surface area contributed by atoms with Gasteiger partial charge in [-0.15, -0.1) is 0 Å². The first kappa shape index (κ1) is 10.1. The van der Waals surface area contributed by atoms with Gasteiger partial charge in [-0.1, -0.05) is 13.8 Å². The van der Waals surface area contributed by atoms with Gasteiger partial charge in [0.2, 0.25) is 0 Å². The zero-order valence-corrected chi connectivity index (χ0v) is 7.64. The highest BCUT2D eigenvalue weighted by molar-refractivity contribution is 7.76. The van der Waals surface area contributed by atoms with E-state index in [-0.39, 0.29) is 6.04 Å². The van der Waals surface area contributed by atoms with Gasteiger partial charge in [0, 0.05) is 17.3 Å². The molecule has 2 unspecified atom stereocenters. The fourth-order valence-electron chi connectivity index (χ4n) is 0.556. The van der Waals surface area contributed by atoms with Crippen molar-refractivity contribution in [1.29, 1.82) is 0 Å². The van der Waals surface area contributed by atoms with Gasteiger partial charge in [0.05, 0.1) is 0 Å². The second kappa shape index (κ2) is 4.05. The lowest BCUT2D eigenvalue weighted by Gasteiger charge is -2.28. The van der Waals surface area contributed by atoms with Crippen LogP contribution < -0.4 is 0 Å². The summed E-state index contributed by atoms with van der Waals surface area (Å²) in [5.41, 5.74) is 0. The van der Waals surface area contributed by atoms with Gasteiger partial charge in [0.1, 0.15) is 0 Å². The Morgan fingerprint density at radius 3 is 1.90 bits per heavy atom. The van der Waals surface area contributed by atoms with Crippen LogP contribution in [0.1, 0.15) is 20.8 Å². The molecule has 62 valence electrons. The topological polar surface area (TPSA) is 43.4 Å². The molecule has 0 aromatic rings. The summed E-state index contributed by atoms with van der Waals surface area (Å²) >= 11 is -2.08. The summed E-state index contributed by atoms with van der Waals surface area (Å²) in [6.07, 6.45) is 0. The van der Waals surface area contributed by atoms with Crippen LogP contribution in [0.15, 0.2) is 0 Å². The van der Waals surface area contributed by atoms with E-state index >= 15 is 0 Å². The van der Waals surface area contributed by atoms with Crippen molar-refractivity contribution in [2.75, 3.05) is 7.05 Å². The van der Waals surface area contributed by atoms with E-state index in [0.29, 0.717) is 5.92 Å². The predicted octanol–water partition coefficient (Wildman–Crippen LogP) is 0.757. The quantitative estimate of drug-likeness (QED) is 0.578. The molecule has 10 heavy (non-hydrogen) atoms. The molecule has 0 amide bonds. The van der Waals surface area contributed by atoms with Crippen molar-refractivity contribution in [3.05, 3.63) is 0 Å². The molecule has 0 aromatic carbocycles. The van der Waals surface area contributed by atoms with Crippen molar-refractivity contribution in [3.8, 4) is 0 Å². The first-order chi connectivity index (χ1) is 4.46. The molecule has 0 aliphatic heterocycles. The lowest BCUT2D eigenvalue weighted by Crippen LogP contribution is -2.34. The minimum absolute atomic E-state index is 0.0818. The molecule has 0 aliphatic carbocycles. The van der Waals surface area contributed by atoms with Crippen molar-refractivity contribution in [3.63, 3.8) is 0 Å². The lowest BCUT2D eigenvalue weighted by atomic mass is 10.1. The molecular weight excluding hydrogens is 150 g/mol. The lowest BCUT2D eigenvalue weighted by molar-refractivity contribution is 0.306. The molecule has 4 heteroatoms. The number of hydrogen-bond donors (Lipinski definition) is 0. The van der Waals surface area contributed by atoms with E-state index in [4.69, 9.17) is 0 Å². The molecule has 0 saturated heterocycles. The fraction of sp³-hybridized carbons (Fsp3) is 1.00. The molecule has 0 spiro atoms. The van der Waals surface area contributed by atoms with E-state index in [9.17, 15) is 8.76 Å². The number of hydrogen-bond acceptors (Lipinski definition) is 2. The summed E-state index contributed by atoms with van der Waals surface area (Å²) in [4.78, 5) is 0. The molecule has 0 rings (SSSR count). The molecular formula is C6H14NO2S-. The summed E-state index contributed by atoms with van der Waals surface area (Å²) < 4.78 is 22.1. The highest BCUT2D eigenvalue weighted by Gasteiger charge is 2.12. The minimum Gasteiger partial charge on any atom is -0.760 e. The van der Waals surface area contributed by atoms with Gasteiger partial charge >= 0.3 is 0 Å². The van der Waals surface area contributed by atoms with Crippen LogP contribution in [-0.4, -0.2) is 26.2 Å². The average molecular weight is 164 g/mol. The van der Waals surface area contributed by atoms with Gasteiger partial charge < -0.3 is 4.55 Å². The van der Waals surface area contributed by atoms with Crippen LogP contribution in [0.25, 0.3) is 0 Å². The highest BCUT2D eigenvalue weighted by Crippen LogP contribution is 2.08. The molecule has 0 N–H and O–H groups in total. The molecule has 0 heterocycles. The maximum atomic E-state index is 10.4. The van der Waals surface area contributed by atoms with Crippen LogP contribution in [0.2, 0.25) is 0 Å². The summed E-state index contributed by atoms with van der Waals surface area (Å²) in [6.45, 7) is 5.88. The second-order valence-electron chi connectivity index (χ2n) is 2.75. The van der Waals surface area contributed by atoms with E-state index < -0.39 is 11.3 Å². The molecule has 2 atom stereocenters. The summed E-state index contributed by atoms with van der Waals surface area (Å²) in [5, 5.41) is 0. The average Bonchev–Trinajstić information content (AvgIpc) is 1.84. The molecule has 0 bridgehead atoms. The normalized spacial score (nSPS) is 17.9. The fourth-order valence-corrected chi connectivity index (χ4v) is 1.07. The van der Waals surface area contributed by atoms with Crippen molar-refractivity contribution < 1.29 is 8.76 Å².